The standard InChI is InChI=1S/C13H14N2OS/c1-9(2)16-11-5-3-10(4-6-11)12-7-8-13(17)15-14-12/h3-9H,1-2H3,(H,15,17). The molecule has 88 valence electrons. The first-order valence-corrected chi connectivity index (χ1v) is 5.89. The molecule has 0 aliphatic carbocycles. The molecule has 0 saturated carbocycles. The van der Waals surface area contributed by atoms with Crippen molar-refractivity contribution in [2.45, 2.75) is 20.0 Å². The van der Waals surface area contributed by atoms with Gasteiger partial charge in [0.15, 0.2) is 0 Å². The van der Waals surface area contributed by atoms with Crippen molar-refractivity contribution in [3.63, 3.8) is 0 Å². The van der Waals surface area contributed by atoms with Crippen LogP contribution in [0.2, 0.25) is 0 Å². The van der Waals surface area contributed by atoms with Crippen molar-refractivity contribution in [2.75, 3.05) is 0 Å². The van der Waals surface area contributed by atoms with E-state index in [0.717, 1.165) is 17.0 Å². The van der Waals surface area contributed by atoms with Crippen LogP contribution in [0.3, 0.4) is 0 Å². The maximum absolute atomic E-state index is 5.58. The summed E-state index contributed by atoms with van der Waals surface area (Å²) in [5, 5.41) is 6.95. The molecule has 0 spiro atoms. The van der Waals surface area contributed by atoms with Gasteiger partial charge in [-0.1, -0.05) is 12.2 Å². The summed E-state index contributed by atoms with van der Waals surface area (Å²) >= 11 is 4.95. The third-order valence-corrected chi connectivity index (χ3v) is 2.43. The Morgan fingerprint density at radius 1 is 1.12 bits per heavy atom. The van der Waals surface area contributed by atoms with Crippen LogP contribution in [0.25, 0.3) is 11.3 Å². The second kappa shape index (κ2) is 5.10. The van der Waals surface area contributed by atoms with Crippen molar-refractivity contribution in [1.82, 2.24) is 10.2 Å². The Morgan fingerprint density at radius 3 is 2.35 bits per heavy atom. The van der Waals surface area contributed by atoms with Gasteiger partial charge in [0.25, 0.3) is 0 Å². The van der Waals surface area contributed by atoms with E-state index in [9.17, 15) is 0 Å². The molecule has 0 unspecified atom stereocenters. The molecule has 1 aromatic carbocycles. The maximum Gasteiger partial charge on any atom is 0.119 e. The zero-order valence-electron chi connectivity index (χ0n) is 9.81. The predicted molar refractivity (Wildman–Crippen MR) is 70.6 cm³/mol. The highest BCUT2D eigenvalue weighted by Crippen LogP contribution is 2.20. The van der Waals surface area contributed by atoms with Gasteiger partial charge < -0.3 is 4.74 Å². The summed E-state index contributed by atoms with van der Waals surface area (Å²) in [4.78, 5) is 0. The maximum atomic E-state index is 5.58. The molecule has 2 rings (SSSR count). The van der Waals surface area contributed by atoms with Crippen LogP contribution in [0.1, 0.15) is 13.8 Å². The van der Waals surface area contributed by atoms with Gasteiger partial charge in [0.05, 0.1) is 11.8 Å². The van der Waals surface area contributed by atoms with Crippen LogP contribution >= 0.6 is 12.2 Å². The number of hydrogen-bond donors (Lipinski definition) is 1. The zero-order chi connectivity index (χ0) is 12.3. The van der Waals surface area contributed by atoms with Gasteiger partial charge >= 0.3 is 0 Å². The molecule has 4 heteroatoms. The molecule has 0 aliphatic rings. The molecule has 3 nitrogen and oxygen atoms in total. The van der Waals surface area contributed by atoms with Crippen molar-refractivity contribution in [2.24, 2.45) is 0 Å². The van der Waals surface area contributed by atoms with E-state index in [2.05, 4.69) is 10.2 Å². The van der Waals surface area contributed by atoms with Gasteiger partial charge in [-0.15, -0.1) is 0 Å². The first-order valence-electron chi connectivity index (χ1n) is 5.48. The van der Waals surface area contributed by atoms with E-state index in [0.29, 0.717) is 4.64 Å². The number of hydrogen-bond acceptors (Lipinski definition) is 3. The van der Waals surface area contributed by atoms with E-state index in [-0.39, 0.29) is 6.10 Å². The minimum Gasteiger partial charge on any atom is -0.491 e. The highest BCUT2D eigenvalue weighted by Gasteiger charge is 2.01. The monoisotopic (exact) mass is 246 g/mol. The first kappa shape index (κ1) is 11.8. The summed E-state index contributed by atoms with van der Waals surface area (Å²) < 4.78 is 6.21. The summed E-state index contributed by atoms with van der Waals surface area (Å²) in [7, 11) is 0. The van der Waals surface area contributed by atoms with E-state index in [1.54, 1.807) is 0 Å². The Morgan fingerprint density at radius 2 is 1.82 bits per heavy atom. The van der Waals surface area contributed by atoms with Gasteiger partial charge in [-0.05, 0) is 50.2 Å². The number of aromatic amines is 1. The summed E-state index contributed by atoms with van der Waals surface area (Å²) in [5.74, 6) is 0.868. The summed E-state index contributed by atoms with van der Waals surface area (Å²) in [6.45, 7) is 4.01. The van der Waals surface area contributed by atoms with Crippen LogP contribution in [0.15, 0.2) is 36.4 Å². The number of nitrogens with zero attached hydrogens (tertiary/aromatic N) is 1. The van der Waals surface area contributed by atoms with E-state index in [1.807, 2.05) is 50.2 Å². The smallest absolute Gasteiger partial charge is 0.119 e. The number of benzene rings is 1. The highest BCUT2D eigenvalue weighted by molar-refractivity contribution is 7.71. The highest BCUT2D eigenvalue weighted by atomic mass is 32.1. The van der Waals surface area contributed by atoms with Crippen molar-refractivity contribution in [3.05, 3.63) is 41.0 Å². The Balaban J connectivity index is 2.23. The van der Waals surface area contributed by atoms with Crippen molar-refractivity contribution < 1.29 is 4.74 Å². The van der Waals surface area contributed by atoms with E-state index in [1.165, 1.54) is 0 Å². The normalized spacial score (nSPS) is 10.5. The van der Waals surface area contributed by atoms with Crippen LogP contribution in [0.4, 0.5) is 0 Å². The predicted octanol–water partition coefficient (Wildman–Crippen LogP) is 3.59. The minimum atomic E-state index is 0.187. The fraction of sp³-hybridized carbons (Fsp3) is 0.231. The van der Waals surface area contributed by atoms with Crippen LogP contribution in [-0.2, 0) is 0 Å². The molecule has 0 aliphatic heterocycles. The van der Waals surface area contributed by atoms with Crippen molar-refractivity contribution >= 4 is 12.2 Å². The van der Waals surface area contributed by atoms with Crippen LogP contribution in [0.5, 0.6) is 5.75 Å². The van der Waals surface area contributed by atoms with Gasteiger partial charge in [0.2, 0.25) is 0 Å². The second-order valence-corrected chi connectivity index (χ2v) is 4.44. The Kier molecular flexibility index (Phi) is 3.54. The average Bonchev–Trinajstić information content (AvgIpc) is 2.30. The Hall–Kier alpha value is -1.68. The molecule has 0 saturated heterocycles. The Bertz CT molecular complexity index is 526. The number of H-pyrrole nitrogens is 1. The molecule has 17 heavy (non-hydrogen) atoms. The third kappa shape index (κ3) is 3.14. The lowest BCUT2D eigenvalue weighted by molar-refractivity contribution is 0.242. The SMILES string of the molecule is CC(C)Oc1ccc(-c2ccc(=S)[nH]n2)cc1. The van der Waals surface area contributed by atoms with Crippen LogP contribution in [-0.4, -0.2) is 16.3 Å². The number of ether oxygens (including phenoxy) is 1. The van der Waals surface area contributed by atoms with Crippen LogP contribution < -0.4 is 4.74 Å². The average molecular weight is 246 g/mol. The van der Waals surface area contributed by atoms with E-state index < -0.39 is 0 Å². The summed E-state index contributed by atoms with van der Waals surface area (Å²) in [6.07, 6.45) is 0.187. The molecule has 1 heterocycles. The lowest BCUT2D eigenvalue weighted by atomic mass is 10.1. The number of aromatic nitrogens is 2. The van der Waals surface area contributed by atoms with Gasteiger partial charge in [-0.25, -0.2) is 0 Å². The molecular formula is C13H14N2OS. The molecule has 0 fully saturated rings. The molecule has 0 atom stereocenters. The van der Waals surface area contributed by atoms with Gasteiger partial charge in [0.1, 0.15) is 10.4 Å². The van der Waals surface area contributed by atoms with Gasteiger partial charge in [-0.2, -0.15) is 5.10 Å². The largest absolute Gasteiger partial charge is 0.491 e. The summed E-state index contributed by atoms with van der Waals surface area (Å²) in [6, 6.07) is 11.6. The quantitative estimate of drug-likeness (QED) is 0.841. The van der Waals surface area contributed by atoms with Crippen LogP contribution in [0, 0.1) is 4.64 Å². The van der Waals surface area contributed by atoms with E-state index in [4.69, 9.17) is 17.0 Å². The number of rotatable bonds is 3. The fourth-order valence-electron chi connectivity index (χ4n) is 1.48. The number of nitrogens with one attached hydrogen (secondary N) is 1. The Labute approximate surface area is 105 Å². The molecule has 0 amide bonds. The molecular weight excluding hydrogens is 232 g/mol. The van der Waals surface area contributed by atoms with E-state index >= 15 is 0 Å². The topological polar surface area (TPSA) is 37.9 Å². The molecule has 0 radical (unpaired) electrons. The van der Waals surface area contributed by atoms with Crippen molar-refractivity contribution in [1.29, 1.82) is 0 Å². The fourth-order valence-corrected chi connectivity index (χ4v) is 1.60. The molecule has 1 N–H and O–H groups in total. The lowest BCUT2D eigenvalue weighted by Crippen LogP contribution is -2.05. The molecule has 2 aromatic rings. The van der Waals surface area contributed by atoms with Gasteiger partial charge in [-0.3, -0.25) is 5.10 Å². The second-order valence-electron chi connectivity index (χ2n) is 4.00. The zero-order valence-corrected chi connectivity index (χ0v) is 10.6. The molecule has 1 aromatic heterocycles. The lowest BCUT2D eigenvalue weighted by Gasteiger charge is -2.09. The third-order valence-electron chi connectivity index (χ3n) is 2.20. The minimum absolute atomic E-state index is 0.187. The first-order chi connectivity index (χ1) is 8.15. The summed E-state index contributed by atoms with van der Waals surface area (Å²) in [5.41, 5.74) is 1.90. The van der Waals surface area contributed by atoms with Gasteiger partial charge in [0, 0.05) is 5.56 Å². The molecule has 0 bridgehead atoms. The van der Waals surface area contributed by atoms with Crippen molar-refractivity contribution in [3.8, 4) is 17.0 Å².